The summed E-state index contributed by atoms with van der Waals surface area (Å²) in [6.45, 7) is 1.42. The first-order valence-corrected chi connectivity index (χ1v) is 13.0. The number of ether oxygens (including phenoxy) is 3. The van der Waals surface area contributed by atoms with Gasteiger partial charge in [-0.2, -0.15) is 13.2 Å². The molecular formula is C22H30F3NO6S. The Labute approximate surface area is 192 Å². The quantitative estimate of drug-likeness (QED) is 0.586. The number of amides is 1. The lowest BCUT2D eigenvalue weighted by Crippen LogP contribution is -2.44. The van der Waals surface area contributed by atoms with Crippen molar-refractivity contribution in [2.45, 2.75) is 80.9 Å². The largest absolute Gasteiger partial charge is 0.490 e. The number of likely N-dealkylation sites (tertiary alicyclic amines) is 1. The number of benzene rings is 1. The molecule has 1 saturated carbocycles. The summed E-state index contributed by atoms with van der Waals surface area (Å²) in [4.78, 5) is 13.5. The first-order valence-electron chi connectivity index (χ1n) is 11.1. The van der Waals surface area contributed by atoms with E-state index in [2.05, 4.69) is 4.74 Å². The van der Waals surface area contributed by atoms with E-state index in [0.29, 0.717) is 31.7 Å². The summed E-state index contributed by atoms with van der Waals surface area (Å²) >= 11 is 0. The number of halogens is 3. The molecule has 0 bridgehead atoms. The van der Waals surface area contributed by atoms with Gasteiger partial charge in [-0.1, -0.05) is 0 Å². The van der Waals surface area contributed by atoms with Crippen LogP contribution in [-0.2, 0) is 19.3 Å². The molecule has 0 spiro atoms. The van der Waals surface area contributed by atoms with Gasteiger partial charge in [0.15, 0.2) is 15.9 Å². The van der Waals surface area contributed by atoms with Crippen LogP contribution in [0.2, 0.25) is 0 Å². The van der Waals surface area contributed by atoms with Crippen LogP contribution < -0.4 is 4.74 Å². The lowest BCUT2D eigenvalue weighted by atomic mass is 9.94. The molecule has 7 nitrogen and oxygen atoms in total. The zero-order chi connectivity index (χ0) is 24.2. The summed E-state index contributed by atoms with van der Waals surface area (Å²) in [5.74, 6) is 0.630. The van der Waals surface area contributed by atoms with Crippen molar-refractivity contribution in [3.8, 4) is 5.75 Å². The van der Waals surface area contributed by atoms with Crippen molar-refractivity contribution in [1.29, 1.82) is 0 Å². The van der Waals surface area contributed by atoms with E-state index >= 15 is 0 Å². The second-order valence-corrected chi connectivity index (χ2v) is 10.7. The molecule has 33 heavy (non-hydrogen) atoms. The molecule has 1 amide bonds. The molecule has 186 valence electrons. The number of nitrogens with zero attached hydrogens (tertiary/aromatic N) is 1. The number of carbonyl (C=O) groups is 1. The molecule has 2 fully saturated rings. The summed E-state index contributed by atoms with van der Waals surface area (Å²) < 4.78 is 77.4. The standard InChI is InChI=1S/C22H30F3NO6S/c1-15(22(23,24)25)30-21(27)26-13-11-19(12-14-26)32-17-5-3-16(4-6-17)31-18-7-9-20(10-8-18)33(2,28)29/h7-10,15-17,19H,3-6,11-14H2,1-2H3/t15?,16-,17-. The Morgan fingerprint density at radius 1 is 0.970 bits per heavy atom. The third kappa shape index (κ3) is 7.49. The molecule has 1 unspecified atom stereocenters. The Bertz CT molecular complexity index is 890. The van der Waals surface area contributed by atoms with Crippen molar-refractivity contribution in [1.82, 2.24) is 4.90 Å². The Morgan fingerprint density at radius 3 is 2.00 bits per heavy atom. The summed E-state index contributed by atoms with van der Waals surface area (Å²) in [5.41, 5.74) is 0. The Hall–Kier alpha value is -2.01. The van der Waals surface area contributed by atoms with Crippen molar-refractivity contribution in [2.24, 2.45) is 0 Å². The number of carbonyl (C=O) groups excluding carboxylic acids is 1. The molecule has 0 radical (unpaired) electrons. The van der Waals surface area contributed by atoms with E-state index in [1.807, 2.05) is 0 Å². The lowest BCUT2D eigenvalue weighted by molar-refractivity contribution is -0.200. The average molecular weight is 494 g/mol. The Morgan fingerprint density at radius 2 is 1.48 bits per heavy atom. The highest BCUT2D eigenvalue weighted by Gasteiger charge is 2.40. The maximum Gasteiger partial charge on any atom is 0.425 e. The van der Waals surface area contributed by atoms with Gasteiger partial charge in [0.2, 0.25) is 0 Å². The van der Waals surface area contributed by atoms with Crippen molar-refractivity contribution in [3.05, 3.63) is 24.3 Å². The van der Waals surface area contributed by atoms with Crippen molar-refractivity contribution in [3.63, 3.8) is 0 Å². The maximum absolute atomic E-state index is 12.6. The zero-order valence-corrected chi connectivity index (χ0v) is 19.5. The minimum absolute atomic E-state index is 0.0289. The van der Waals surface area contributed by atoms with Gasteiger partial charge in [-0.05, 0) is 69.7 Å². The van der Waals surface area contributed by atoms with Gasteiger partial charge in [0, 0.05) is 19.3 Å². The normalized spacial score (nSPS) is 23.7. The highest BCUT2D eigenvalue weighted by atomic mass is 32.2. The van der Waals surface area contributed by atoms with Crippen LogP contribution in [0.25, 0.3) is 0 Å². The summed E-state index contributed by atoms with van der Waals surface area (Å²) in [6.07, 6.45) is -2.07. The molecule has 1 aromatic rings. The second-order valence-electron chi connectivity index (χ2n) is 8.65. The molecule has 1 aliphatic carbocycles. The van der Waals surface area contributed by atoms with E-state index in [1.54, 1.807) is 12.1 Å². The number of sulfone groups is 1. The SMILES string of the molecule is CC(OC(=O)N1CCC(O[C@H]2CC[C@H](Oc3ccc(S(C)(=O)=O)cc3)CC2)CC1)C(F)(F)F. The first-order chi connectivity index (χ1) is 15.4. The zero-order valence-electron chi connectivity index (χ0n) is 18.7. The fourth-order valence-corrected chi connectivity index (χ4v) is 4.61. The van der Waals surface area contributed by atoms with E-state index in [-0.39, 0.29) is 23.2 Å². The van der Waals surface area contributed by atoms with E-state index in [0.717, 1.165) is 38.9 Å². The topological polar surface area (TPSA) is 82.1 Å². The van der Waals surface area contributed by atoms with Crippen LogP contribution >= 0.6 is 0 Å². The van der Waals surface area contributed by atoms with Crippen LogP contribution in [0.4, 0.5) is 18.0 Å². The molecule has 1 atom stereocenters. The van der Waals surface area contributed by atoms with Gasteiger partial charge in [0.25, 0.3) is 0 Å². The van der Waals surface area contributed by atoms with Crippen LogP contribution in [0.3, 0.4) is 0 Å². The number of rotatable bonds is 6. The molecule has 1 heterocycles. The van der Waals surface area contributed by atoms with Crippen molar-refractivity contribution < 1.29 is 40.6 Å². The minimum Gasteiger partial charge on any atom is -0.490 e. The van der Waals surface area contributed by atoms with Crippen molar-refractivity contribution >= 4 is 15.9 Å². The first kappa shape index (κ1) is 25.6. The lowest BCUT2D eigenvalue weighted by Gasteiger charge is -2.36. The molecule has 1 aromatic carbocycles. The van der Waals surface area contributed by atoms with Gasteiger partial charge in [-0.15, -0.1) is 0 Å². The predicted octanol–water partition coefficient (Wildman–Crippen LogP) is 4.35. The highest BCUT2D eigenvalue weighted by molar-refractivity contribution is 7.90. The van der Waals surface area contributed by atoms with Crippen LogP contribution in [-0.4, -0.2) is 69.3 Å². The summed E-state index contributed by atoms with van der Waals surface area (Å²) in [7, 11) is -3.24. The fraction of sp³-hybridized carbons (Fsp3) is 0.682. The third-order valence-electron chi connectivity index (χ3n) is 6.00. The van der Waals surface area contributed by atoms with Gasteiger partial charge in [-0.25, -0.2) is 13.2 Å². The van der Waals surface area contributed by atoms with Crippen LogP contribution in [0, 0.1) is 0 Å². The number of hydrogen-bond donors (Lipinski definition) is 0. The number of alkyl halides is 3. The Kier molecular flexibility index (Phi) is 8.15. The fourth-order valence-electron chi connectivity index (χ4n) is 3.98. The van der Waals surface area contributed by atoms with Crippen LogP contribution in [0.1, 0.15) is 45.4 Å². The molecule has 0 N–H and O–H groups in total. The van der Waals surface area contributed by atoms with Gasteiger partial charge < -0.3 is 19.1 Å². The average Bonchev–Trinajstić information content (AvgIpc) is 2.74. The van der Waals surface area contributed by atoms with E-state index in [4.69, 9.17) is 9.47 Å². The highest BCUT2D eigenvalue weighted by Crippen LogP contribution is 2.29. The maximum atomic E-state index is 12.6. The van der Waals surface area contributed by atoms with E-state index in [1.165, 1.54) is 17.0 Å². The van der Waals surface area contributed by atoms with Gasteiger partial charge >= 0.3 is 12.3 Å². The molecule has 2 aliphatic rings. The van der Waals surface area contributed by atoms with Gasteiger partial charge in [0.1, 0.15) is 5.75 Å². The van der Waals surface area contributed by atoms with Gasteiger partial charge in [-0.3, -0.25) is 0 Å². The molecular weight excluding hydrogens is 463 g/mol. The second kappa shape index (κ2) is 10.5. The predicted molar refractivity (Wildman–Crippen MR) is 114 cm³/mol. The number of piperidine rings is 1. The molecule has 1 aliphatic heterocycles. The van der Waals surface area contributed by atoms with Crippen LogP contribution in [0.5, 0.6) is 5.75 Å². The summed E-state index contributed by atoms with van der Waals surface area (Å²) in [6, 6.07) is 6.39. The van der Waals surface area contributed by atoms with Crippen LogP contribution in [0.15, 0.2) is 29.2 Å². The Balaban J connectivity index is 1.37. The van der Waals surface area contributed by atoms with Gasteiger partial charge in [0.05, 0.1) is 23.2 Å². The van der Waals surface area contributed by atoms with E-state index < -0.39 is 28.2 Å². The third-order valence-corrected chi connectivity index (χ3v) is 7.13. The van der Waals surface area contributed by atoms with Crippen molar-refractivity contribution in [2.75, 3.05) is 19.3 Å². The monoisotopic (exact) mass is 493 g/mol. The molecule has 0 aromatic heterocycles. The minimum atomic E-state index is -4.57. The van der Waals surface area contributed by atoms with E-state index in [9.17, 15) is 26.4 Å². The summed E-state index contributed by atoms with van der Waals surface area (Å²) in [5, 5.41) is 0. The molecule has 3 rings (SSSR count). The molecule has 1 saturated heterocycles. The number of hydrogen-bond acceptors (Lipinski definition) is 6. The smallest absolute Gasteiger partial charge is 0.425 e. The molecule has 11 heteroatoms.